The second-order valence-corrected chi connectivity index (χ2v) is 3.12. The van der Waals surface area contributed by atoms with E-state index in [2.05, 4.69) is 5.16 Å². The lowest BCUT2D eigenvalue weighted by Crippen LogP contribution is -2.04. The standard InChI is InChI=1S/C11H9NO3/c13-11(14)7-9-6-5-8-3-1-2-4-10(8)15-12-9/h1-6H,7H2,(H,13,14). The van der Waals surface area contributed by atoms with Crippen molar-refractivity contribution in [3.05, 3.63) is 35.9 Å². The van der Waals surface area contributed by atoms with E-state index in [4.69, 9.17) is 9.94 Å². The number of carboxylic acid groups (broad SMARTS) is 1. The summed E-state index contributed by atoms with van der Waals surface area (Å²) in [6.07, 6.45) is 3.31. The highest BCUT2D eigenvalue weighted by Crippen LogP contribution is 2.21. The zero-order valence-electron chi connectivity index (χ0n) is 7.88. The molecule has 1 aromatic rings. The SMILES string of the molecule is O=C(O)CC1=NOc2ccccc2C=C1. The Bertz CT molecular complexity index is 449. The van der Waals surface area contributed by atoms with Gasteiger partial charge in [-0.15, -0.1) is 0 Å². The number of hydrogen-bond acceptors (Lipinski definition) is 3. The molecule has 1 aliphatic rings. The van der Waals surface area contributed by atoms with E-state index in [0.717, 1.165) is 5.56 Å². The molecule has 4 heteroatoms. The number of hydrogen-bond donors (Lipinski definition) is 1. The van der Waals surface area contributed by atoms with Crippen molar-refractivity contribution in [1.82, 2.24) is 0 Å². The van der Waals surface area contributed by atoms with Gasteiger partial charge in [0.1, 0.15) is 0 Å². The highest BCUT2D eigenvalue weighted by Gasteiger charge is 2.08. The van der Waals surface area contributed by atoms with E-state index in [1.54, 1.807) is 18.2 Å². The van der Waals surface area contributed by atoms with Gasteiger partial charge in [-0.25, -0.2) is 0 Å². The summed E-state index contributed by atoms with van der Waals surface area (Å²) in [7, 11) is 0. The zero-order valence-corrected chi connectivity index (χ0v) is 7.88. The average molecular weight is 203 g/mol. The Labute approximate surface area is 86.5 Å². The summed E-state index contributed by atoms with van der Waals surface area (Å²) in [5.41, 5.74) is 1.29. The maximum absolute atomic E-state index is 10.5. The molecule has 0 aromatic heterocycles. The van der Waals surface area contributed by atoms with Crippen LogP contribution in [-0.2, 0) is 4.79 Å². The molecule has 0 spiro atoms. The van der Waals surface area contributed by atoms with E-state index in [9.17, 15) is 4.79 Å². The zero-order chi connectivity index (χ0) is 10.7. The number of carboxylic acids is 1. The topological polar surface area (TPSA) is 58.9 Å². The fraction of sp³-hybridized carbons (Fsp3) is 0.0909. The van der Waals surface area contributed by atoms with Crippen molar-refractivity contribution in [3.8, 4) is 5.75 Å². The third kappa shape index (κ3) is 2.22. The molecule has 0 amide bonds. The number of allylic oxidation sites excluding steroid dienone is 1. The highest BCUT2D eigenvalue weighted by molar-refractivity contribution is 6.07. The fourth-order valence-corrected chi connectivity index (χ4v) is 1.27. The van der Waals surface area contributed by atoms with Crippen LogP contribution in [0.2, 0.25) is 0 Å². The van der Waals surface area contributed by atoms with Crippen molar-refractivity contribution in [2.75, 3.05) is 0 Å². The van der Waals surface area contributed by atoms with Gasteiger partial charge < -0.3 is 9.94 Å². The summed E-state index contributed by atoms with van der Waals surface area (Å²) < 4.78 is 0. The normalized spacial score (nSPS) is 13.5. The Kier molecular flexibility index (Phi) is 2.49. The molecule has 76 valence electrons. The molecule has 0 fully saturated rings. The van der Waals surface area contributed by atoms with Crippen molar-refractivity contribution in [2.24, 2.45) is 5.16 Å². The largest absolute Gasteiger partial charge is 0.481 e. The summed E-state index contributed by atoms with van der Waals surface area (Å²) in [6.45, 7) is 0. The molecule has 1 N–H and O–H groups in total. The van der Waals surface area contributed by atoms with Gasteiger partial charge in [0.2, 0.25) is 0 Å². The number of rotatable bonds is 2. The highest BCUT2D eigenvalue weighted by atomic mass is 16.6. The molecule has 1 aromatic carbocycles. The molecule has 0 bridgehead atoms. The summed E-state index contributed by atoms with van der Waals surface area (Å²) >= 11 is 0. The minimum atomic E-state index is -0.923. The van der Waals surface area contributed by atoms with E-state index < -0.39 is 5.97 Å². The lowest BCUT2D eigenvalue weighted by Gasteiger charge is -1.99. The molecule has 0 saturated carbocycles. The quantitative estimate of drug-likeness (QED) is 0.798. The summed E-state index contributed by atoms with van der Waals surface area (Å²) in [6, 6.07) is 7.39. The third-order valence-electron chi connectivity index (χ3n) is 1.97. The first-order valence-electron chi connectivity index (χ1n) is 4.48. The van der Waals surface area contributed by atoms with E-state index in [0.29, 0.717) is 11.5 Å². The van der Waals surface area contributed by atoms with Crippen molar-refractivity contribution in [2.45, 2.75) is 6.42 Å². The first-order valence-corrected chi connectivity index (χ1v) is 4.48. The van der Waals surface area contributed by atoms with Gasteiger partial charge in [-0.05, 0) is 18.2 Å². The third-order valence-corrected chi connectivity index (χ3v) is 1.97. The second-order valence-electron chi connectivity index (χ2n) is 3.12. The summed E-state index contributed by atoms with van der Waals surface area (Å²) in [4.78, 5) is 15.6. The molecular formula is C11H9NO3. The number of para-hydroxylation sites is 1. The van der Waals surface area contributed by atoms with Crippen LogP contribution in [0.4, 0.5) is 0 Å². The number of aliphatic carboxylic acids is 1. The minimum Gasteiger partial charge on any atom is -0.481 e. The van der Waals surface area contributed by atoms with Crippen molar-refractivity contribution in [1.29, 1.82) is 0 Å². The van der Waals surface area contributed by atoms with Gasteiger partial charge in [0, 0.05) is 5.56 Å². The molecule has 1 aliphatic heterocycles. The number of oxime groups is 1. The fourth-order valence-electron chi connectivity index (χ4n) is 1.27. The first-order chi connectivity index (χ1) is 7.25. The van der Waals surface area contributed by atoms with Gasteiger partial charge in [0.05, 0.1) is 12.1 Å². The molecule has 0 unspecified atom stereocenters. The van der Waals surface area contributed by atoms with Gasteiger partial charge in [-0.2, -0.15) is 0 Å². The number of carbonyl (C=O) groups is 1. The van der Waals surface area contributed by atoms with E-state index in [-0.39, 0.29) is 6.42 Å². The van der Waals surface area contributed by atoms with Crippen LogP contribution in [-0.4, -0.2) is 16.8 Å². The molecule has 15 heavy (non-hydrogen) atoms. The lowest BCUT2D eigenvalue weighted by molar-refractivity contribution is -0.135. The van der Waals surface area contributed by atoms with Crippen LogP contribution in [0.1, 0.15) is 12.0 Å². The van der Waals surface area contributed by atoms with Gasteiger partial charge in [-0.3, -0.25) is 4.79 Å². The van der Waals surface area contributed by atoms with Crippen LogP contribution in [0.15, 0.2) is 35.5 Å². The molecular weight excluding hydrogens is 194 g/mol. The molecule has 4 nitrogen and oxygen atoms in total. The van der Waals surface area contributed by atoms with Crippen LogP contribution in [0.25, 0.3) is 6.08 Å². The van der Waals surface area contributed by atoms with Crippen molar-refractivity contribution < 1.29 is 14.7 Å². The molecule has 1 heterocycles. The van der Waals surface area contributed by atoms with Crippen LogP contribution < -0.4 is 4.84 Å². The molecule has 0 radical (unpaired) electrons. The van der Waals surface area contributed by atoms with Crippen molar-refractivity contribution in [3.63, 3.8) is 0 Å². The minimum absolute atomic E-state index is 0.134. The molecule has 2 rings (SSSR count). The smallest absolute Gasteiger partial charge is 0.309 e. The summed E-state index contributed by atoms with van der Waals surface area (Å²) in [5, 5.41) is 12.4. The van der Waals surface area contributed by atoms with E-state index in [1.807, 2.05) is 18.2 Å². The monoisotopic (exact) mass is 203 g/mol. The second kappa shape index (κ2) is 3.96. The Balaban J connectivity index is 2.25. The number of fused-ring (bicyclic) bond motifs is 1. The summed E-state index contributed by atoms with van der Waals surface area (Å²) in [5.74, 6) is -0.290. The van der Waals surface area contributed by atoms with Crippen LogP contribution in [0.5, 0.6) is 5.75 Å². The van der Waals surface area contributed by atoms with Gasteiger partial charge in [0.15, 0.2) is 5.75 Å². The van der Waals surface area contributed by atoms with Gasteiger partial charge in [0.25, 0.3) is 0 Å². The van der Waals surface area contributed by atoms with Gasteiger partial charge in [-0.1, -0.05) is 23.4 Å². The molecule has 0 aliphatic carbocycles. The van der Waals surface area contributed by atoms with Crippen LogP contribution in [0, 0.1) is 0 Å². The van der Waals surface area contributed by atoms with Crippen LogP contribution in [0.3, 0.4) is 0 Å². The van der Waals surface area contributed by atoms with Crippen molar-refractivity contribution >= 4 is 17.8 Å². The Morgan fingerprint density at radius 3 is 2.93 bits per heavy atom. The predicted octanol–water partition coefficient (Wildman–Crippen LogP) is 1.92. The van der Waals surface area contributed by atoms with E-state index in [1.165, 1.54) is 0 Å². The maximum Gasteiger partial charge on any atom is 0.309 e. The van der Waals surface area contributed by atoms with E-state index >= 15 is 0 Å². The Morgan fingerprint density at radius 2 is 2.13 bits per heavy atom. The lowest BCUT2D eigenvalue weighted by atomic mass is 10.1. The Morgan fingerprint density at radius 1 is 1.33 bits per heavy atom. The Hall–Kier alpha value is -2.10. The average Bonchev–Trinajstić information content (AvgIpc) is 2.41. The molecule has 0 saturated heterocycles. The first kappa shape index (κ1) is 9.45. The number of benzene rings is 1. The van der Waals surface area contributed by atoms with Gasteiger partial charge >= 0.3 is 5.97 Å². The maximum atomic E-state index is 10.5. The van der Waals surface area contributed by atoms with Crippen LogP contribution >= 0.6 is 0 Å². The number of nitrogens with zero attached hydrogens (tertiary/aromatic N) is 1. The molecule has 0 atom stereocenters. The predicted molar refractivity (Wildman–Crippen MR) is 55.8 cm³/mol.